The Morgan fingerprint density at radius 1 is 1.26 bits per heavy atom. The van der Waals surface area contributed by atoms with E-state index < -0.39 is 0 Å². The molecule has 2 aliphatic rings. The van der Waals surface area contributed by atoms with Crippen LogP contribution in [0.15, 0.2) is 30.3 Å². The Morgan fingerprint density at radius 2 is 2.11 bits per heavy atom. The van der Waals surface area contributed by atoms with Crippen LogP contribution in [0, 0.1) is 11.8 Å². The molecule has 2 aliphatic carbocycles. The molecule has 0 radical (unpaired) electrons. The fourth-order valence-electron chi connectivity index (χ4n) is 3.43. The molecule has 0 unspecified atom stereocenters. The average molecular weight is 276 g/mol. The van der Waals surface area contributed by atoms with E-state index in [0.717, 1.165) is 17.9 Å². The molecule has 3 heteroatoms. The van der Waals surface area contributed by atoms with Gasteiger partial charge in [0.25, 0.3) is 0 Å². The molecule has 3 atom stereocenters. The molecule has 2 fully saturated rings. The molecule has 0 aromatic heterocycles. The molecule has 3 rings (SSSR count). The largest absolute Gasteiger partial charge is 0.350 e. The number of amides is 1. The van der Waals surface area contributed by atoms with Crippen LogP contribution in [0.25, 0.3) is 6.08 Å². The van der Waals surface area contributed by atoms with Gasteiger partial charge in [0, 0.05) is 17.1 Å². The van der Waals surface area contributed by atoms with Gasteiger partial charge in [0.1, 0.15) is 0 Å². The second-order valence-electron chi connectivity index (χ2n) is 5.64. The van der Waals surface area contributed by atoms with E-state index in [2.05, 4.69) is 5.32 Å². The second kappa shape index (κ2) is 5.38. The molecule has 0 aliphatic heterocycles. The van der Waals surface area contributed by atoms with Gasteiger partial charge in [0.05, 0.1) is 0 Å². The topological polar surface area (TPSA) is 29.1 Å². The lowest BCUT2D eigenvalue weighted by Crippen LogP contribution is -2.37. The van der Waals surface area contributed by atoms with Gasteiger partial charge in [0.15, 0.2) is 0 Å². The number of nitrogens with one attached hydrogen (secondary N) is 1. The molecule has 0 spiro atoms. The fourth-order valence-corrected chi connectivity index (χ4v) is 3.63. The zero-order valence-corrected chi connectivity index (χ0v) is 11.6. The van der Waals surface area contributed by atoms with Crippen molar-refractivity contribution in [3.05, 3.63) is 40.9 Å². The lowest BCUT2D eigenvalue weighted by atomic mass is 9.95. The Labute approximate surface area is 118 Å². The van der Waals surface area contributed by atoms with Crippen LogP contribution in [0.3, 0.4) is 0 Å². The van der Waals surface area contributed by atoms with Crippen molar-refractivity contribution in [1.82, 2.24) is 5.32 Å². The maximum Gasteiger partial charge on any atom is 0.244 e. The summed E-state index contributed by atoms with van der Waals surface area (Å²) in [5, 5.41) is 3.80. The molecule has 1 N–H and O–H groups in total. The molecule has 2 nitrogen and oxygen atoms in total. The highest BCUT2D eigenvalue weighted by Crippen LogP contribution is 2.44. The summed E-state index contributed by atoms with van der Waals surface area (Å²) in [6.45, 7) is 0. The average Bonchev–Trinajstić information content (AvgIpc) is 3.00. The van der Waals surface area contributed by atoms with Gasteiger partial charge >= 0.3 is 0 Å². The highest BCUT2D eigenvalue weighted by atomic mass is 35.5. The number of benzene rings is 1. The van der Waals surface area contributed by atoms with Crippen molar-refractivity contribution in [2.24, 2.45) is 11.8 Å². The smallest absolute Gasteiger partial charge is 0.244 e. The minimum absolute atomic E-state index is 0.00234. The van der Waals surface area contributed by atoms with E-state index in [0.29, 0.717) is 17.0 Å². The van der Waals surface area contributed by atoms with Crippen LogP contribution in [-0.4, -0.2) is 11.9 Å². The highest BCUT2D eigenvalue weighted by molar-refractivity contribution is 6.32. The first-order valence-corrected chi connectivity index (χ1v) is 7.33. The van der Waals surface area contributed by atoms with Crippen molar-refractivity contribution < 1.29 is 4.79 Å². The first kappa shape index (κ1) is 12.7. The number of carbonyl (C=O) groups excluding carboxylic acids is 1. The van der Waals surface area contributed by atoms with E-state index >= 15 is 0 Å². The SMILES string of the molecule is O=C(/C=C/c1ccccc1Cl)N[C@@H]1C[C@@H]2CC[C@H]1C2. The number of carbonyl (C=O) groups is 1. The van der Waals surface area contributed by atoms with Gasteiger partial charge < -0.3 is 5.32 Å². The van der Waals surface area contributed by atoms with Crippen molar-refractivity contribution >= 4 is 23.6 Å². The first-order valence-electron chi connectivity index (χ1n) is 6.95. The Hall–Kier alpha value is -1.28. The van der Waals surface area contributed by atoms with Gasteiger partial charge in [-0.1, -0.05) is 36.2 Å². The van der Waals surface area contributed by atoms with Gasteiger partial charge in [0.2, 0.25) is 5.91 Å². The van der Waals surface area contributed by atoms with Crippen LogP contribution >= 0.6 is 11.6 Å². The van der Waals surface area contributed by atoms with Gasteiger partial charge in [-0.2, -0.15) is 0 Å². The molecule has 1 amide bonds. The Kier molecular flexibility index (Phi) is 3.61. The molecule has 100 valence electrons. The summed E-state index contributed by atoms with van der Waals surface area (Å²) in [7, 11) is 0. The van der Waals surface area contributed by atoms with Crippen LogP contribution in [0.5, 0.6) is 0 Å². The zero-order valence-electron chi connectivity index (χ0n) is 10.8. The normalized spacial score (nSPS) is 29.0. The van der Waals surface area contributed by atoms with E-state index in [1.807, 2.05) is 24.3 Å². The predicted octanol–water partition coefficient (Wildman–Crippen LogP) is 3.66. The third-order valence-electron chi connectivity index (χ3n) is 4.39. The van der Waals surface area contributed by atoms with Crippen LogP contribution in [0.4, 0.5) is 0 Å². The Bertz CT molecular complexity index is 511. The molecule has 2 bridgehead atoms. The maximum absolute atomic E-state index is 11.9. The summed E-state index contributed by atoms with van der Waals surface area (Å²) in [4.78, 5) is 11.9. The minimum atomic E-state index is -0.00234. The van der Waals surface area contributed by atoms with E-state index in [4.69, 9.17) is 11.6 Å². The summed E-state index contributed by atoms with van der Waals surface area (Å²) in [6, 6.07) is 7.93. The lowest BCUT2D eigenvalue weighted by Gasteiger charge is -2.22. The predicted molar refractivity (Wildman–Crippen MR) is 77.9 cm³/mol. The monoisotopic (exact) mass is 275 g/mol. The summed E-state index contributed by atoms with van der Waals surface area (Å²) in [5.41, 5.74) is 0.882. The van der Waals surface area contributed by atoms with Crippen molar-refractivity contribution in [3.8, 4) is 0 Å². The molecular formula is C16H18ClNO. The summed E-state index contributed by atoms with van der Waals surface area (Å²) < 4.78 is 0. The van der Waals surface area contributed by atoms with Gasteiger partial charge in [-0.25, -0.2) is 0 Å². The summed E-state index contributed by atoms with van der Waals surface area (Å²) in [6.07, 6.45) is 8.48. The molecule has 1 aromatic carbocycles. The Morgan fingerprint density at radius 3 is 2.79 bits per heavy atom. The van der Waals surface area contributed by atoms with Crippen molar-refractivity contribution in [2.45, 2.75) is 31.7 Å². The molecule has 1 aromatic rings. The van der Waals surface area contributed by atoms with Crippen LogP contribution in [-0.2, 0) is 4.79 Å². The van der Waals surface area contributed by atoms with E-state index in [9.17, 15) is 4.79 Å². The molecule has 0 saturated heterocycles. The van der Waals surface area contributed by atoms with Crippen LogP contribution in [0.1, 0.15) is 31.2 Å². The molecular weight excluding hydrogens is 258 g/mol. The van der Waals surface area contributed by atoms with E-state index in [1.54, 1.807) is 12.2 Å². The standard InChI is InChI=1S/C16H18ClNO/c17-14-4-2-1-3-12(14)7-8-16(19)18-15-10-11-5-6-13(15)9-11/h1-4,7-8,11,13,15H,5-6,9-10H2,(H,18,19)/b8-7+/t11-,13+,15-/m1/s1. The quantitative estimate of drug-likeness (QED) is 0.838. The summed E-state index contributed by atoms with van der Waals surface area (Å²) in [5.74, 6) is 1.56. The van der Waals surface area contributed by atoms with E-state index in [1.165, 1.54) is 19.3 Å². The highest BCUT2D eigenvalue weighted by Gasteiger charge is 2.39. The maximum atomic E-state index is 11.9. The third-order valence-corrected chi connectivity index (χ3v) is 4.73. The molecule has 2 saturated carbocycles. The minimum Gasteiger partial charge on any atom is -0.350 e. The fraction of sp³-hybridized carbons (Fsp3) is 0.438. The number of fused-ring (bicyclic) bond motifs is 2. The summed E-state index contributed by atoms with van der Waals surface area (Å²) >= 11 is 6.05. The van der Waals surface area contributed by atoms with Gasteiger partial charge in [-0.15, -0.1) is 0 Å². The molecule has 19 heavy (non-hydrogen) atoms. The number of hydrogen-bond donors (Lipinski definition) is 1. The zero-order chi connectivity index (χ0) is 13.2. The first-order chi connectivity index (χ1) is 9.22. The van der Waals surface area contributed by atoms with Gasteiger partial charge in [-0.05, 0) is 48.8 Å². The Balaban J connectivity index is 1.58. The van der Waals surface area contributed by atoms with Crippen LogP contribution < -0.4 is 5.32 Å². The second-order valence-corrected chi connectivity index (χ2v) is 6.05. The van der Waals surface area contributed by atoms with E-state index in [-0.39, 0.29) is 5.91 Å². The number of halogens is 1. The molecule has 0 heterocycles. The van der Waals surface area contributed by atoms with Crippen LogP contribution in [0.2, 0.25) is 5.02 Å². The number of hydrogen-bond acceptors (Lipinski definition) is 1. The lowest BCUT2D eigenvalue weighted by molar-refractivity contribution is -0.117. The number of rotatable bonds is 3. The van der Waals surface area contributed by atoms with Crippen molar-refractivity contribution in [1.29, 1.82) is 0 Å². The third kappa shape index (κ3) is 2.84. The van der Waals surface area contributed by atoms with Crippen molar-refractivity contribution in [3.63, 3.8) is 0 Å². The van der Waals surface area contributed by atoms with Gasteiger partial charge in [-0.3, -0.25) is 4.79 Å². The van der Waals surface area contributed by atoms with Crippen molar-refractivity contribution in [2.75, 3.05) is 0 Å².